The van der Waals surface area contributed by atoms with Gasteiger partial charge in [0, 0.05) is 13.1 Å². The van der Waals surface area contributed by atoms with Crippen LogP contribution in [-0.2, 0) is 4.74 Å². The molecule has 0 aromatic rings. The van der Waals surface area contributed by atoms with E-state index >= 15 is 0 Å². The maximum absolute atomic E-state index is 8.42. The molecule has 1 heterocycles. The van der Waals surface area contributed by atoms with Gasteiger partial charge in [0.15, 0.2) is 0 Å². The van der Waals surface area contributed by atoms with Crippen molar-refractivity contribution in [2.45, 2.75) is 13.0 Å². The molecule has 64 valence electrons. The van der Waals surface area contributed by atoms with Crippen molar-refractivity contribution in [3.8, 4) is 0 Å². The van der Waals surface area contributed by atoms with Gasteiger partial charge in [-0.25, -0.2) is 5.48 Å². The minimum absolute atomic E-state index is 0.0418. The van der Waals surface area contributed by atoms with E-state index in [0.717, 1.165) is 0 Å². The van der Waals surface area contributed by atoms with Gasteiger partial charge in [0.25, 0.3) is 0 Å². The van der Waals surface area contributed by atoms with Gasteiger partial charge in [0.05, 0.1) is 12.7 Å². The van der Waals surface area contributed by atoms with Crippen molar-refractivity contribution in [3.05, 3.63) is 0 Å². The number of hydrogen-bond acceptors (Lipinski definition) is 3. The van der Waals surface area contributed by atoms with Crippen LogP contribution in [-0.4, -0.2) is 41.9 Å². The molecule has 0 radical (unpaired) electrons. The molecule has 0 aromatic carbocycles. The molecule has 0 saturated carbocycles. The molecule has 1 aliphatic heterocycles. The van der Waals surface area contributed by atoms with Crippen LogP contribution in [0.2, 0.25) is 0 Å². The third-order valence-electron chi connectivity index (χ3n) is 1.66. The van der Waals surface area contributed by atoms with Gasteiger partial charge in [-0.3, -0.25) is 10.6 Å². The lowest BCUT2D eigenvalue weighted by Crippen LogP contribution is -2.48. The van der Waals surface area contributed by atoms with E-state index in [1.807, 2.05) is 12.4 Å². The molecule has 0 aromatic heterocycles. The number of rotatable bonds is 0. The predicted molar refractivity (Wildman–Crippen MR) is 39.6 cm³/mol. The summed E-state index contributed by atoms with van der Waals surface area (Å²) in [5.41, 5.74) is 1.81. The van der Waals surface area contributed by atoms with Gasteiger partial charge < -0.3 is 9.64 Å². The first-order chi connectivity index (χ1) is 5.24. The van der Waals surface area contributed by atoms with Crippen molar-refractivity contribution >= 4 is 5.96 Å². The largest absolute Gasteiger partial charge is 0.375 e. The molecule has 1 fully saturated rings. The van der Waals surface area contributed by atoms with E-state index < -0.39 is 0 Å². The molecule has 1 rings (SSSR count). The first-order valence-electron chi connectivity index (χ1n) is 3.59. The van der Waals surface area contributed by atoms with Crippen LogP contribution in [0.1, 0.15) is 6.92 Å². The average molecular weight is 159 g/mol. The average Bonchev–Trinajstić information content (AvgIpc) is 2.03. The number of hydroxylamine groups is 1. The molecule has 3 N–H and O–H groups in total. The Morgan fingerprint density at radius 3 is 3.09 bits per heavy atom. The van der Waals surface area contributed by atoms with Crippen LogP contribution < -0.4 is 5.48 Å². The molecule has 0 amide bonds. The third-order valence-corrected chi connectivity index (χ3v) is 1.66. The Balaban J connectivity index is 2.39. The van der Waals surface area contributed by atoms with Crippen LogP contribution in [0.25, 0.3) is 0 Å². The maximum atomic E-state index is 8.42. The van der Waals surface area contributed by atoms with Crippen molar-refractivity contribution in [3.63, 3.8) is 0 Å². The van der Waals surface area contributed by atoms with E-state index in [1.165, 1.54) is 0 Å². The van der Waals surface area contributed by atoms with Crippen LogP contribution in [0.5, 0.6) is 0 Å². The van der Waals surface area contributed by atoms with E-state index in [9.17, 15) is 0 Å². The van der Waals surface area contributed by atoms with Crippen molar-refractivity contribution in [2.75, 3.05) is 19.7 Å². The number of nitrogens with one attached hydrogen (secondary N) is 2. The standard InChI is InChI=1S/C6H13N3O2/c1-5-4-9(2-3-11-5)6(7)8-10/h5,10H,2-4H2,1H3,(H2,7,8)/t5-/m0/s1. The van der Waals surface area contributed by atoms with Crippen LogP contribution in [0.4, 0.5) is 0 Å². The summed E-state index contributed by atoms with van der Waals surface area (Å²) in [4.78, 5) is 1.73. The molecule has 0 bridgehead atoms. The fraction of sp³-hybridized carbons (Fsp3) is 0.833. The minimum atomic E-state index is 0.0418. The van der Waals surface area contributed by atoms with E-state index in [2.05, 4.69) is 0 Å². The summed E-state index contributed by atoms with van der Waals surface area (Å²) in [5.74, 6) is 0.0418. The summed E-state index contributed by atoms with van der Waals surface area (Å²) in [5, 5.41) is 15.6. The molecule has 1 atom stereocenters. The minimum Gasteiger partial charge on any atom is -0.375 e. The quantitative estimate of drug-likeness (QED) is 0.256. The highest BCUT2D eigenvalue weighted by Gasteiger charge is 2.18. The summed E-state index contributed by atoms with van der Waals surface area (Å²) in [6, 6.07) is 0. The number of guanidine groups is 1. The van der Waals surface area contributed by atoms with Crippen LogP contribution in [0, 0.1) is 5.41 Å². The molecule has 0 spiro atoms. The highest BCUT2D eigenvalue weighted by molar-refractivity contribution is 5.75. The molecular weight excluding hydrogens is 146 g/mol. The van der Waals surface area contributed by atoms with E-state index in [1.54, 1.807) is 4.90 Å². The Morgan fingerprint density at radius 2 is 2.55 bits per heavy atom. The fourth-order valence-corrected chi connectivity index (χ4v) is 1.09. The van der Waals surface area contributed by atoms with Gasteiger partial charge in [0.2, 0.25) is 5.96 Å². The van der Waals surface area contributed by atoms with Crippen LogP contribution in [0.3, 0.4) is 0 Å². The zero-order valence-corrected chi connectivity index (χ0v) is 6.50. The lowest BCUT2D eigenvalue weighted by molar-refractivity contribution is 0.00139. The second kappa shape index (κ2) is 3.54. The maximum Gasteiger partial charge on any atom is 0.215 e. The monoisotopic (exact) mass is 159 g/mol. The Hall–Kier alpha value is -0.810. The molecule has 5 nitrogen and oxygen atoms in total. The molecule has 11 heavy (non-hydrogen) atoms. The second-order valence-electron chi connectivity index (χ2n) is 2.59. The zero-order valence-electron chi connectivity index (χ0n) is 6.50. The molecule has 5 heteroatoms. The van der Waals surface area contributed by atoms with Gasteiger partial charge in [-0.1, -0.05) is 0 Å². The first-order valence-corrected chi connectivity index (χ1v) is 3.59. The van der Waals surface area contributed by atoms with E-state index in [-0.39, 0.29) is 12.1 Å². The van der Waals surface area contributed by atoms with E-state index in [0.29, 0.717) is 19.7 Å². The number of ether oxygens (including phenoxy) is 1. The van der Waals surface area contributed by atoms with Gasteiger partial charge >= 0.3 is 0 Å². The summed E-state index contributed by atoms with van der Waals surface area (Å²) < 4.78 is 5.25. The normalized spacial score (nSPS) is 24.9. The summed E-state index contributed by atoms with van der Waals surface area (Å²) >= 11 is 0. The highest BCUT2D eigenvalue weighted by Crippen LogP contribution is 2.02. The van der Waals surface area contributed by atoms with Gasteiger partial charge in [0.1, 0.15) is 0 Å². The molecule has 1 saturated heterocycles. The number of nitrogens with zero attached hydrogens (tertiary/aromatic N) is 1. The van der Waals surface area contributed by atoms with Crippen LogP contribution >= 0.6 is 0 Å². The Labute approximate surface area is 65.4 Å². The zero-order chi connectivity index (χ0) is 8.27. The Morgan fingerprint density at radius 1 is 1.82 bits per heavy atom. The molecule has 1 aliphatic rings. The smallest absolute Gasteiger partial charge is 0.215 e. The number of hydrogen-bond donors (Lipinski definition) is 3. The second-order valence-corrected chi connectivity index (χ2v) is 2.59. The van der Waals surface area contributed by atoms with Gasteiger partial charge in [-0.2, -0.15) is 0 Å². The highest BCUT2D eigenvalue weighted by atomic mass is 16.5. The SMILES string of the molecule is C[C@H]1CN(C(=N)NO)CCO1. The fourth-order valence-electron chi connectivity index (χ4n) is 1.09. The summed E-state index contributed by atoms with van der Waals surface area (Å²) in [7, 11) is 0. The first kappa shape index (κ1) is 8.29. The third kappa shape index (κ3) is 2.06. The Kier molecular flexibility index (Phi) is 2.67. The van der Waals surface area contributed by atoms with Crippen molar-refractivity contribution in [1.82, 2.24) is 10.4 Å². The lowest BCUT2D eigenvalue weighted by atomic mass is 10.3. The summed E-state index contributed by atoms with van der Waals surface area (Å²) in [6.07, 6.45) is 0.137. The molecular formula is C6H13N3O2. The summed E-state index contributed by atoms with van der Waals surface area (Å²) in [6.45, 7) is 3.88. The Bertz CT molecular complexity index is 151. The van der Waals surface area contributed by atoms with Crippen molar-refractivity contribution in [1.29, 1.82) is 5.41 Å². The number of morpholine rings is 1. The topological polar surface area (TPSA) is 68.6 Å². The van der Waals surface area contributed by atoms with Gasteiger partial charge in [-0.15, -0.1) is 0 Å². The van der Waals surface area contributed by atoms with E-state index in [4.69, 9.17) is 15.4 Å². The van der Waals surface area contributed by atoms with Gasteiger partial charge in [-0.05, 0) is 6.92 Å². The molecule has 0 aliphatic carbocycles. The lowest BCUT2D eigenvalue weighted by Gasteiger charge is -2.31. The van der Waals surface area contributed by atoms with Crippen molar-refractivity contribution in [2.24, 2.45) is 0 Å². The van der Waals surface area contributed by atoms with Crippen molar-refractivity contribution < 1.29 is 9.94 Å². The van der Waals surface area contributed by atoms with Crippen LogP contribution in [0.15, 0.2) is 0 Å². The molecule has 0 unspecified atom stereocenters. The predicted octanol–water partition coefficient (Wildman–Crippen LogP) is -0.379.